The number of ether oxygens (including phenoxy) is 1. The van der Waals surface area contributed by atoms with E-state index in [1.807, 2.05) is 43.3 Å². The van der Waals surface area contributed by atoms with E-state index in [0.29, 0.717) is 34.1 Å². The molecule has 0 bridgehead atoms. The van der Waals surface area contributed by atoms with Crippen LogP contribution >= 0.6 is 0 Å². The van der Waals surface area contributed by atoms with Crippen LogP contribution in [-0.2, 0) is 21.1 Å². The molecule has 0 aromatic heterocycles. The van der Waals surface area contributed by atoms with Crippen molar-refractivity contribution >= 4 is 15.6 Å². The average Bonchev–Trinajstić information content (AvgIpc) is 3.69. The quantitative estimate of drug-likeness (QED) is 0.376. The number of hydrogen-bond donors (Lipinski definition) is 0. The van der Waals surface area contributed by atoms with Crippen LogP contribution in [-0.4, -0.2) is 27.1 Å². The van der Waals surface area contributed by atoms with Crippen LogP contribution in [0.5, 0.6) is 5.75 Å². The smallest absolute Gasteiger partial charge is 0.179 e. The zero-order chi connectivity index (χ0) is 25.6. The van der Waals surface area contributed by atoms with Gasteiger partial charge in [-0.3, -0.25) is 4.79 Å². The number of hydrogen-bond acceptors (Lipinski definition) is 4. The SMILES string of the molecule is COc1ccc(F)c(-c2ccc(C3Cc4cc([C@H](C5CC5)[C@H](C)C(C)=O)ccc4S(=O)(=O)C3)cc2)c1. The third-order valence-corrected chi connectivity index (χ3v) is 9.78. The van der Waals surface area contributed by atoms with Crippen molar-refractivity contribution in [2.75, 3.05) is 12.9 Å². The molecule has 6 heteroatoms. The minimum absolute atomic E-state index is 0.0438. The Hall–Kier alpha value is -2.99. The Kier molecular flexibility index (Phi) is 6.50. The van der Waals surface area contributed by atoms with Crippen molar-refractivity contribution in [3.63, 3.8) is 0 Å². The number of methoxy groups -OCH3 is 1. The van der Waals surface area contributed by atoms with Crippen LogP contribution in [0.4, 0.5) is 4.39 Å². The highest BCUT2D eigenvalue weighted by Crippen LogP contribution is 2.48. The largest absolute Gasteiger partial charge is 0.497 e. The van der Waals surface area contributed by atoms with E-state index >= 15 is 0 Å². The van der Waals surface area contributed by atoms with Crippen molar-refractivity contribution in [3.05, 3.63) is 83.2 Å². The lowest BCUT2D eigenvalue weighted by Gasteiger charge is -2.28. The summed E-state index contributed by atoms with van der Waals surface area (Å²) in [4.78, 5) is 12.6. The molecule has 5 rings (SSSR count). The first-order chi connectivity index (χ1) is 17.2. The lowest BCUT2D eigenvalue weighted by molar-refractivity contribution is -0.121. The standard InChI is InChI=1S/C30H31FO4S/c1-18(19(2)32)30(22-8-9-22)23-10-13-29-24(14-23)15-25(17-36(29,33)34)20-4-6-21(7-5-20)27-16-26(35-3)11-12-28(27)31/h4-7,10-14,16,18,22,25,30H,8-9,15,17H2,1-3H3/t18-,25?,30+/m1/s1. The maximum atomic E-state index is 14.4. The Balaban J connectivity index is 1.45. The predicted molar refractivity (Wildman–Crippen MR) is 139 cm³/mol. The molecule has 3 aromatic carbocycles. The summed E-state index contributed by atoms with van der Waals surface area (Å²) in [6.07, 6.45) is 2.84. The van der Waals surface area contributed by atoms with Gasteiger partial charge in [-0.2, -0.15) is 0 Å². The lowest BCUT2D eigenvalue weighted by Crippen LogP contribution is -2.25. The molecule has 188 valence electrons. The number of ketones is 1. The van der Waals surface area contributed by atoms with Gasteiger partial charge in [0.15, 0.2) is 9.84 Å². The normalized spacial score (nSPS) is 20.3. The number of halogens is 1. The number of benzene rings is 3. The monoisotopic (exact) mass is 506 g/mol. The molecule has 4 nitrogen and oxygen atoms in total. The highest BCUT2D eigenvalue weighted by molar-refractivity contribution is 7.91. The number of carbonyl (C=O) groups excluding carboxylic acids is 1. The summed E-state index contributed by atoms with van der Waals surface area (Å²) in [6, 6.07) is 17.8. The number of rotatable bonds is 7. The Labute approximate surface area is 212 Å². The van der Waals surface area contributed by atoms with E-state index in [0.717, 1.165) is 29.5 Å². The Morgan fingerprint density at radius 2 is 1.75 bits per heavy atom. The maximum Gasteiger partial charge on any atom is 0.179 e. The van der Waals surface area contributed by atoms with E-state index in [9.17, 15) is 17.6 Å². The van der Waals surface area contributed by atoms with Gasteiger partial charge in [-0.15, -0.1) is 0 Å². The third-order valence-electron chi connectivity index (χ3n) is 7.87. The van der Waals surface area contributed by atoms with Crippen molar-refractivity contribution < 1.29 is 22.3 Å². The van der Waals surface area contributed by atoms with Crippen LogP contribution in [0.15, 0.2) is 65.6 Å². The van der Waals surface area contributed by atoms with E-state index in [1.54, 1.807) is 32.2 Å². The van der Waals surface area contributed by atoms with Crippen LogP contribution in [0.1, 0.15) is 55.2 Å². The van der Waals surface area contributed by atoms with E-state index in [1.165, 1.54) is 6.07 Å². The second-order valence-corrected chi connectivity index (χ2v) is 12.3. The van der Waals surface area contributed by atoms with Crippen molar-refractivity contribution in [2.24, 2.45) is 11.8 Å². The maximum absolute atomic E-state index is 14.4. The summed E-state index contributed by atoms with van der Waals surface area (Å²) in [5, 5.41) is 0. The van der Waals surface area contributed by atoms with Crippen LogP contribution in [0.25, 0.3) is 11.1 Å². The minimum atomic E-state index is -3.44. The van der Waals surface area contributed by atoms with E-state index in [-0.39, 0.29) is 35.1 Å². The zero-order valence-corrected chi connectivity index (χ0v) is 21.6. The molecule has 0 spiro atoms. The van der Waals surface area contributed by atoms with Gasteiger partial charge in [0.05, 0.1) is 17.8 Å². The van der Waals surface area contributed by atoms with E-state index < -0.39 is 9.84 Å². The number of fused-ring (bicyclic) bond motifs is 1. The van der Waals surface area contributed by atoms with E-state index in [2.05, 4.69) is 0 Å². The fourth-order valence-electron chi connectivity index (χ4n) is 5.63. The van der Waals surface area contributed by atoms with Gasteiger partial charge in [-0.1, -0.05) is 43.3 Å². The first-order valence-corrected chi connectivity index (χ1v) is 14.1. The summed E-state index contributed by atoms with van der Waals surface area (Å²) in [5.74, 6) is 0.795. The second-order valence-electron chi connectivity index (χ2n) is 10.3. The molecule has 3 aromatic rings. The van der Waals surface area contributed by atoms with Crippen LogP contribution in [0.2, 0.25) is 0 Å². The molecule has 1 heterocycles. The number of sulfone groups is 1. The van der Waals surface area contributed by atoms with Crippen LogP contribution < -0.4 is 4.74 Å². The summed E-state index contributed by atoms with van der Waals surface area (Å²) in [7, 11) is -1.90. The van der Waals surface area contributed by atoms with Gasteiger partial charge in [0.1, 0.15) is 17.3 Å². The zero-order valence-electron chi connectivity index (χ0n) is 20.8. The molecule has 0 radical (unpaired) electrons. The molecule has 1 aliphatic heterocycles. The van der Waals surface area contributed by atoms with Crippen molar-refractivity contribution in [2.45, 2.75) is 49.8 Å². The van der Waals surface area contributed by atoms with E-state index in [4.69, 9.17) is 4.74 Å². The Morgan fingerprint density at radius 3 is 2.39 bits per heavy atom. The first-order valence-electron chi connectivity index (χ1n) is 12.5. The van der Waals surface area contributed by atoms with Crippen molar-refractivity contribution in [1.82, 2.24) is 0 Å². The molecule has 0 N–H and O–H groups in total. The van der Waals surface area contributed by atoms with Crippen LogP contribution in [0, 0.1) is 17.7 Å². The molecule has 36 heavy (non-hydrogen) atoms. The second kappa shape index (κ2) is 9.47. The number of Topliss-reactive ketones (excluding diaryl/α,β-unsaturated/α-hetero) is 1. The predicted octanol–water partition coefficient (Wildman–Crippen LogP) is 6.33. The molecule has 1 fully saturated rings. The highest BCUT2D eigenvalue weighted by Gasteiger charge is 2.39. The van der Waals surface area contributed by atoms with Gasteiger partial charge < -0.3 is 4.74 Å². The van der Waals surface area contributed by atoms with Crippen LogP contribution in [0.3, 0.4) is 0 Å². The Bertz CT molecular complexity index is 1410. The molecule has 0 saturated heterocycles. The lowest BCUT2D eigenvalue weighted by atomic mass is 9.80. The molecule has 2 aliphatic rings. The first kappa shape index (κ1) is 24.7. The Morgan fingerprint density at radius 1 is 1.03 bits per heavy atom. The van der Waals surface area contributed by atoms with Gasteiger partial charge >= 0.3 is 0 Å². The number of carbonyl (C=O) groups is 1. The van der Waals surface area contributed by atoms with Gasteiger partial charge in [-0.25, -0.2) is 12.8 Å². The minimum Gasteiger partial charge on any atom is -0.497 e. The van der Waals surface area contributed by atoms with Gasteiger partial charge in [0.2, 0.25) is 0 Å². The van der Waals surface area contributed by atoms with Crippen molar-refractivity contribution in [3.8, 4) is 16.9 Å². The fraction of sp³-hybridized carbons (Fsp3) is 0.367. The average molecular weight is 507 g/mol. The van der Waals surface area contributed by atoms with Gasteiger partial charge in [-0.05, 0) is 84.5 Å². The van der Waals surface area contributed by atoms with Crippen molar-refractivity contribution in [1.29, 1.82) is 0 Å². The highest BCUT2D eigenvalue weighted by atomic mass is 32.2. The summed E-state index contributed by atoms with van der Waals surface area (Å²) < 4.78 is 46.1. The molecular weight excluding hydrogens is 475 g/mol. The molecule has 3 atom stereocenters. The summed E-state index contributed by atoms with van der Waals surface area (Å²) >= 11 is 0. The molecule has 0 amide bonds. The molecular formula is C30H31FO4S. The topological polar surface area (TPSA) is 60.4 Å². The molecule has 1 saturated carbocycles. The molecule has 1 unspecified atom stereocenters. The summed E-state index contributed by atoms with van der Waals surface area (Å²) in [6.45, 7) is 3.62. The van der Waals surface area contributed by atoms with Gasteiger partial charge in [0.25, 0.3) is 0 Å². The third kappa shape index (κ3) is 4.71. The fourth-order valence-corrected chi connectivity index (χ4v) is 7.46. The summed E-state index contributed by atoms with van der Waals surface area (Å²) in [5.41, 5.74) is 3.96. The molecule has 1 aliphatic carbocycles. The van der Waals surface area contributed by atoms with Gasteiger partial charge in [0, 0.05) is 17.4 Å².